The Morgan fingerprint density at radius 2 is 1.79 bits per heavy atom. The van der Waals surface area contributed by atoms with Gasteiger partial charge in [0.1, 0.15) is 11.3 Å². The van der Waals surface area contributed by atoms with E-state index < -0.39 is 0 Å². The molecule has 2 amide bonds. The van der Waals surface area contributed by atoms with Crippen molar-refractivity contribution in [2.75, 3.05) is 52.8 Å². The molecule has 1 atom stereocenters. The topological polar surface area (TPSA) is 93.5 Å². The van der Waals surface area contributed by atoms with Gasteiger partial charge in [0.05, 0.1) is 27.2 Å². The van der Waals surface area contributed by atoms with E-state index in [4.69, 9.17) is 18.6 Å². The third-order valence-electron chi connectivity index (χ3n) is 7.53. The highest BCUT2D eigenvalue weighted by atomic mass is 16.5. The van der Waals surface area contributed by atoms with Crippen molar-refractivity contribution in [2.45, 2.75) is 32.2 Å². The zero-order chi connectivity index (χ0) is 26.6. The maximum Gasteiger partial charge on any atom is 0.227 e. The summed E-state index contributed by atoms with van der Waals surface area (Å²) in [6, 6.07) is 11.3. The van der Waals surface area contributed by atoms with Crippen LogP contribution in [0.3, 0.4) is 0 Å². The van der Waals surface area contributed by atoms with E-state index in [1.165, 1.54) is 5.56 Å². The summed E-state index contributed by atoms with van der Waals surface area (Å²) in [5, 5.41) is 3.72. The van der Waals surface area contributed by atoms with Crippen LogP contribution in [-0.4, -0.2) is 69.1 Å². The number of rotatable bonds is 8. The molecule has 1 aromatic heterocycles. The van der Waals surface area contributed by atoms with Gasteiger partial charge in [0.15, 0.2) is 11.5 Å². The molecule has 1 fully saturated rings. The predicted molar refractivity (Wildman–Crippen MR) is 144 cm³/mol. The van der Waals surface area contributed by atoms with Crippen molar-refractivity contribution in [1.29, 1.82) is 0 Å². The Morgan fingerprint density at radius 1 is 1.00 bits per heavy atom. The van der Waals surface area contributed by atoms with Gasteiger partial charge in [-0.2, -0.15) is 0 Å². The van der Waals surface area contributed by atoms with E-state index in [1.54, 1.807) is 27.4 Å². The second kappa shape index (κ2) is 11.3. The molecule has 0 aliphatic carbocycles. The fourth-order valence-corrected chi connectivity index (χ4v) is 5.46. The lowest BCUT2D eigenvalue weighted by Crippen LogP contribution is -2.46. The highest BCUT2D eigenvalue weighted by molar-refractivity contribution is 5.92. The number of ether oxygens (including phenoxy) is 3. The van der Waals surface area contributed by atoms with Gasteiger partial charge in [-0.05, 0) is 67.3 Å². The van der Waals surface area contributed by atoms with E-state index in [-0.39, 0.29) is 17.7 Å². The Labute approximate surface area is 222 Å². The summed E-state index contributed by atoms with van der Waals surface area (Å²) in [7, 11) is 4.88. The monoisotopic (exact) mass is 521 g/mol. The summed E-state index contributed by atoms with van der Waals surface area (Å²) >= 11 is 0. The molecule has 0 radical (unpaired) electrons. The number of furan rings is 1. The number of fused-ring (bicyclic) bond motifs is 2. The van der Waals surface area contributed by atoms with Crippen molar-refractivity contribution in [2.24, 2.45) is 5.92 Å². The Balaban J connectivity index is 1.14. The number of likely N-dealkylation sites (tertiary alicyclic amines) is 1. The van der Waals surface area contributed by atoms with Crippen molar-refractivity contribution in [3.8, 4) is 17.2 Å². The molecule has 2 aliphatic heterocycles. The van der Waals surface area contributed by atoms with Crippen molar-refractivity contribution in [3.63, 3.8) is 0 Å². The maximum absolute atomic E-state index is 13.4. The van der Waals surface area contributed by atoms with Crippen molar-refractivity contribution in [3.05, 3.63) is 47.5 Å². The van der Waals surface area contributed by atoms with Crippen LogP contribution in [0.1, 0.15) is 30.4 Å². The standard InChI is InChI=1S/C29H35N3O6/c1-35-23-6-7-24-21(13-23)16-28(38-24)30-27(33)9-11-31-10-4-5-20(17-31)29(34)32-12-8-19-14-25(36-2)26(37-3)15-22(19)18-32/h6-7,13-16,20H,4-5,8-12,17-18H2,1-3H3,(H,30,33). The van der Waals surface area contributed by atoms with Gasteiger partial charge in [-0.3, -0.25) is 14.9 Å². The molecule has 5 rings (SSSR count). The van der Waals surface area contributed by atoms with E-state index in [0.717, 1.165) is 48.3 Å². The lowest BCUT2D eigenvalue weighted by Gasteiger charge is -2.36. The van der Waals surface area contributed by atoms with Crippen LogP contribution in [0.2, 0.25) is 0 Å². The van der Waals surface area contributed by atoms with E-state index in [0.29, 0.717) is 49.8 Å². The first-order valence-electron chi connectivity index (χ1n) is 13.1. The molecule has 0 spiro atoms. The van der Waals surface area contributed by atoms with Gasteiger partial charge in [0.2, 0.25) is 17.7 Å². The van der Waals surface area contributed by atoms with Crippen LogP contribution in [0.25, 0.3) is 11.0 Å². The molecule has 9 nitrogen and oxygen atoms in total. The second-order valence-electron chi connectivity index (χ2n) is 9.94. The fraction of sp³-hybridized carbons (Fsp3) is 0.448. The van der Waals surface area contributed by atoms with Crippen LogP contribution in [0.15, 0.2) is 40.8 Å². The molecule has 1 N–H and O–H groups in total. The minimum Gasteiger partial charge on any atom is -0.497 e. The number of carbonyl (C=O) groups excluding carboxylic acids is 2. The predicted octanol–water partition coefficient (Wildman–Crippen LogP) is 4.08. The fourth-order valence-electron chi connectivity index (χ4n) is 5.46. The van der Waals surface area contributed by atoms with Gasteiger partial charge in [0.25, 0.3) is 0 Å². The molecule has 1 unspecified atom stereocenters. The van der Waals surface area contributed by atoms with Gasteiger partial charge in [-0.15, -0.1) is 0 Å². The zero-order valence-corrected chi connectivity index (χ0v) is 22.2. The minimum absolute atomic E-state index is 0.0566. The molecule has 3 heterocycles. The smallest absolute Gasteiger partial charge is 0.227 e. The average Bonchev–Trinajstić information content (AvgIpc) is 3.35. The van der Waals surface area contributed by atoms with Gasteiger partial charge in [0, 0.05) is 44.1 Å². The first kappa shape index (κ1) is 25.9. The first-order valence-corrected chi connectivity index (χ1v) is 13.1. The van der Waals surface area contributed by atoms with Gasteiger partial charge in [-0.1, -0.05) is 0 Å². The van der Waals surface area contributed by atoms with Crippen molar-refractivity contribution in [1.82, 2.24) is 9.80 Å². The molecule has 1 saturated heterocycles. The Morgan fingerprint density at radius 3 is 2.55 bits per heavy atom. The number of hydrogen-bond acceptors (Lipinski definition) is 7. The van der Waals surface area contributed by atoms with Gasteiger partial charge in [-0.25, -0.2) is 0 Å². The number of carbonyl (C=O) groups is 2. The number of hydrogen-bond donors (Lipinski definition) is 1. The third kappa shape index (κ3) is 5.57. The van der Waals surface area contributed by atoms with Crippen LogP contribution in [0.5, 0.6) is 17.2 Å². The van der Waals surface area contributed by atoms with Crippen LogP contribution in [0, 0.1) is 5.92 Å². The molecule has 2 aromatic carbocycles. The normalized spacial score (nSPS) is 17.7. The van der Waals surface area contributed by atoms with Crippen LogP contribution >= 0.6 is 0 Å². The summed E-state index contributed by atoms with van der Waals surface area (Å²) in [4.78, 5) is 30.2. The van der Waals surface area contributed by atoms with Crippen molar-refractivity contribution >= 4 is 28.7 Å². The molecular formula is C29H35N3O6. The highest BCUT2D eigenvalue weighted by Crippen LogP contribution is 2.34. The Kier molecular flexibility index (Phi) is 7.74. The SMILES string of the molecule is COc1ccc2oc(NC(=O)CCN3CCCC(C(=O)N4CCc5cc(OC)c(OC)cc5C4)C3)cc2c1. The van der Waals surface area contributed by atoms with Gasteiger partial charge < -0.3 is 28.4 Å². The average molecular weight is 522 g/mol. The number of methoxy groups -OCH3 is 3. The zero-order valence-electron chi connectivity index (χ0n) is 22.2. The molecule has 0 saturated carbocycles. The molecule has 0 bridgehead atoms. The molecule has 2 aliphatic rings. The van der Waals surface area contributed by atoms with Crippen molar-refractivity contribution < 1.29 is 28.2 Å². The largest absolute Gasteiger partial charge is 0.497 e. The molecule has 3 aromatic rings. The number of nitrogens with one attached hydrogen (secondary N) is 1. The quantitative estimate of drug-likeness (QED) is 0.477. The number of anilines is 1. The molecular weight excluding hydrogens is 486 g/mol. The summed E-state index contributed by atoms with van der Waals surface area (Å²) in [6.07, 6.45) is 2.95. The number of nitrogens with zero attached hydrogens (tertiary/aromatic N) is 2. The molecule has 38 heavy (non-hydrogen) atoms. The Bertz CT molecular complexity index is 1320. The second-order valence-corrected chi connectivity index (χ2v) is 9.94. The van der Waals surface area contributed by atoms with Crippen LogP contribution in [0.4, 0.5) is 5.88 Å². The van der Waals surface area contributed by atoms with Gasteiger partial charge >= 0.3 is 0 Å². The lowest BCUT2D eigenvalue weighted by atomic mass is 9.93. The highest BCUT2D eigenvalue weighted by Gasteiger charge is 2.31. The minimum atomic E-state index is -0.110. The van der Waals surface area contributed by atoms with E-state index in [2.05, 4.69) is 10.2 Å². The summed E-state index contributed by atoms with van der Waals surface area (Å²) in [6.45, 7) is 3.44. The van der Waals surface area contributed by atoms with E-state index in [9.17, 15) is 9.59 Å². The van der Waals surface area contributed by atoms with E-state index in [1.807, 2.05) is 35.2 Å². The van der Waals surface area contributed by atoms with Crippen LogP contribution in [-0.2, 0) is 22.6 Å². The van der Waals surface area contributed by atoms with Crippen LogP contribution < -0.4 is 19.5 Å². The lowest BCUT2D eigenvalue weighted by molar-refractivity contribution is -0.138. The maximum atomic E-state index is 13.4. The summed E-state index contributed by atoms with van der Waals surface area (Å²) < 4.78 is 21.9. The summed E-state index contributed by atoms with van der Waals surface area (Å²) in [5.41, 5.74) is 3.00. The summed E-state index contributed by atoms with van der Waals surface area (Å²) in [5.74, 6) is 2.59. The Hall–Kier alpha value is -3.72. The number of piperidine rings is 1. The number of benzene rings is 2. The van der Waals surface area contributed by atoms with E-state index >= 15 is 0 Å². The first-order chi connectivity index (χ1) is 18.5. The third-order valence-corrected chi connectivity index (χ3v) is 7.53. The number of amides is 2. The molecule has 202 valence electrons. The molecule has 9 heteroatoms.